The molecule has 0 saturated carbocycles. The van der Waals surface area contributed by atoms with Gasteiger partial charge in [0.1, 0.15) is 0 Å². The van der Waals surface area contributed by atoms with Crippen LogP contribution in [0.2, 0.25) is 0 Å². The zero-order valence-electron chi connectivity index (χ0n) is 12.6. The van der Waals surface area contributed by atoms with Crippen LogP contribution in [0.3, 0.4) is 0 Å². The van der Waals surface area contributed by atoms with Crippen LogP contribution in [0.25, 0.3) is 0 Å². The van der Waals surface area contributed by atoms with Crippen LogP contribution in [-0.2, 0) is 25.4 Å². The molecule has 20 heavy (non-hydrogen) atoms. The smallest absolute Gasteiger partial charge is 0.330 e. The van der Waals surface area contributed by atoms with Gasteiger partial charge in [0.15, 0.2) is 0 Å². The minimum atomic E-state index is -0.381. The fourth-order valence-electron chi connectivity index (χ4n) is 1.71. The van der Waals surface area contributed by atoms with E-state index >= 15 is 0 Å². The standard InChI is InChI=1S/C13H22N4O3/c1-13(2,3)15-10(18)8-14-7-9-6-11(19)17(5)12(20)16(9)4/h6,14H,7-8H2,1-5H3,(H,15,18). The molecule has 7 heteroatoms. The van der Waals surface area contributed by atoms with E-state index in [4.69, 9.17) is 0 Å². The van der Waals surface area contributed by atoms with Crippen molar-refractivity contribution in [3.05, 3.63) is 32.6 Å². The van der Waals surface area contributed by atoms with Crippen molar-refractivity contribution < 1.29 is 4.79 Å². The van der Waals surface area contributed by atoms with Gasteiger partial charge in [-0.1, -0.05) is 0 Å². The van der Waals surface area contributed by atoms with Gasteiger partial charge in [-0.05, 0) is 20.8 Å². The van der Waals surface area contributed by atoms with Crippen LogP contribution in [0.15, 0.2) is 15.7 Å². The van der Waals surface area contributed by atoms with E-state index in [2.05, 4.69) is 10.6 Å². The molecule has 7 nitrogen and oxygen atoms in total. The predicted molar refractivity (Wildman–Crippen MR) is 76.5 cm³/mol. The maximum atomic E-state index is 11.7. The zero-order valence-corrected chi connectivity index (χ0v) is 12.6. The molecule has 0 aliphatic rings. The third kappa shape index (κ3) is 4.34. The second-order valence-electron chi connectivity index (χ2n) is 5.78. The monoisotopic (exact) mass is 282 g/mol. The minimum Gasteiger partial charge on any atom is -0.350 e. The van der Waals surface area contributed by atoms with E-state index in [1.165, 1.54) is 17.7 Å². The SMILES string of the molecule is Cn1c(CNCC(=O)NC(C)(C)C)cc(=O)n(C)c1=O. The molecule has 1 amide bonds. The fraction of sp³-hybridized carbons (Fsp3) is 0.615. The summed E-state index contributed by atoms with van der Waals surface area (Å²) in [4.78, 5) is 34.9. The molecule has 1 aromatic rings. The quantitative estimate of drug-likeness (QED) is 0.748. The van der Waals surface area contributed by atoms with Crippen molar-refractivity contribution in [1.29, 1.82) is 0 Å². The van der Waals surface area contributed by atoms with Gasteiger partial charge in [-0.3, -0.25) is 18.7 Å². The van der Waals surface area contributed by atoms with Gasteiger partial charge in [0, 0.05) is 37.9 Å². The summed E-state index contributed by atoms with van der Waals surface area (Å²) in [7, 11) is 3.02. The molecule has 1 aromatic heterocycles. The summed E-state index contributed by atoms with van der Waals surface area (Å²) in [6.07, 6.45) is 0. The molecular formula is C13H22N4O3. The van der Waals surface area contributed by atoms with E-state index in [0.29, 0.717) is 5.69 Å². The third-order valence-electron chi connectivity index (χ3n) is 2.73. The summed E-state index contributed by atoms with van der Waals surface area (Å²) < 4.78 is 2.42. The van der Waals surface area contributed by atoms with Crippen LogP contribution >= 0.6 is 0 Å². The van der Waals surface area contributed by atoms with Crippen molar-refractivity contribution in [3.63, 3.8) is 0 Å². The Morgan fingerprint density at radius 1 is 1.20 bits per heavy atom. The van der Waals surface area contributed by atoms with Crippen molar-refractivity contribution in [3.8, 4) is 0 Å². The molecule has 1 heterocycles. The maximum absolute atomic E-state index is 11.7. The Bertz CT molecular complexity index is 608. The first kappa shape index (κ1) is 16.2. The Morgan fingerprint density at radius 3 is 2.35 bits per heavy atom. The Labute approximate surface area is 117 Å². The van der Waals surface area contributed by atoms with Gasteiger partial charge in [-0.2, -0.15) is 0 Å². The van der Waals surface area contributed by atoms with Crippen LogP contribution < -0.4 is 21.9 Å². The normalized spacial score (nSPS) is 11.4. The van der Waals surface area contributed by atoms with Gasteiger partial charge < -0.3 is 10.6 Å². The number of nitrogens with zero attached hydrogens (tertiary/aromatic N) is 2. The Hall–Kier alpha value is -1.89. The average molecular weight is 282 g/mol. The highest BCUT2D eigenvalue weighted by Crippen LogP contribution is 1.97. The van der Waals surface area contributed by atoms with E-state index < -0.39 is 0 Å². The largest absolute Gasteiger partial charge is 0.350 e. The molecule has 0 aromatic carbocycles. The molecule has 0 aliphatic heterocycles. The molecule has 0 atom stereocenters. The first-order valence-electron chi connectivity index (χ1n) is 6.39. The Balaban J connectivity index is 2.66. The van der Waals surface area contributed by atoms with Crippen LogP contribution in [-0.4, -0.2) is 27.1 Å². The van der Waals surface area contributed by atoms with Crippen LogP contribution in [0.1, 0.15) is 26.5 Å². The average Bonchev–Trinajstić information content (AvgIpc) is 2.30. The second-order valence-corrected chi connectivity index (χ2v) is 5.78. The maximum Gasteiger partial charge on any atom is 0.330 e. The molecule has 0 spiro atoms. The number of hydrogen-bond acceptors (Lipinski definition) is 4. The minimum absolute atomic E-state index is 0.126. The van der Waals surface area contributed by atoms with Crippen LogP contribution in [0, 0.1) is 0 Å². The van der Waals surface area contributed by atoms with E-state index in [9.17, 15) is 14.4 Å². The van der Waals surface area contributed by atoms with Gasteiger partial charge in [0.05, 0.1) is 6.54 Å². The summed E-state index contributed by atoms with van der Waals surface area (Å²) in [5.41, 5.74) is -0.479. The van der Waals surface area contributed by atoms with Crippen molar-refractivity contribution in [2.24, 2.45) is 14.1 Å². The second kappa shape index (κ2) is 6.04. The summed E-state index contributed by atoms with van der Waals surface area (Å²) in [5, 5.41) is 5.73. The lowest BCUT2D eigenvalue weighted by Crippen LogP contribution is -2.45. The van der Waals surface area contributed by atoms with Gasteiger partial charge in [0.2, 0.25) is 5.91 Å². The highest BCUT2D eigenvalue weighted by Gasteiger charge is 2.13. The molecule has 0 unspecified atom stereocenters. The molecule has 1 rings (SSSR count). The fourth-order valence-corrected chi connectivity index (χ4v) is 1.71. The number of carbonyl (C=O) groups is 1. The first-order chi connectivity index (χ1) is 9.11. The Morgan fingerprint density at radius 2 is 1.80 bits per heavy atom. The lowest BCUT2D eigenvalue weighted by atomic mass is 10.1. The number of aromatic nitrogens is 2. The summed E-state index contributed by atoms with van der Waals surface area (Å²) in [5.74, 6) is -0.133. The van der Waals surface area contributed by atoms with Gasteiger partial charge in [-0.25, -0.2) is 4.79 Å². The molecule has 0 aliphatic carbocycles. The molecular weight excluding hydrogens is 260 g/mol. The summed E-state index contributed by atoms with van der Waals surface area (Å²) in [6.45, 7) is 6.10. The lowest BCUT2D eigenvalue weighted by molar-refractivity contribution is -0.121. The van der Waals surface area contributed by atoms with E-state index in [0.717, 1.165) is 4.57 Å². The van der Waals surface area contributed by atoms with Crippen molar-refractivity contribution in [2.75, 3.05) is 6.54 Å². The van der Waals surface area contributed by atoms with Crippen molar-refractivity contribution >= 4 is 5.91 Å². The highest BCUT2D eigenvalue weighted by molar-refractivity contribution is 5.78. The molecule has 2 N–H and O–H groups in total. The number of carbonyl (C=O) groups excluding carboxylic acids is 1. The number of amides is 1. The molecule has 0 radical (unpaired) electrons. The first-order valence-corrected chi connectivity index (χ1v) is 6.39. The van der Waals surface area contributed by atoms with E-state index in [-0.39, 0.29) is 35.8 Å². The van der Waals surface area contributed by atoms with Gasteiger partial charge >= 0.3 is 5.69 Å². The predicted octanol–water partition coefficient (Wildman–Crippen LogP) is -0.912. The van der Waals surface area contributed by atoms with Crippen molar-refractivity contribution in [2.45, 2.75) is 32.9 Å². The van der Waals surface area contributed by atoms with Crippen LogP contribution in [0.5, 0.6) is 0 Å². The lowest BCUT2D eigenvalue weighted by Gasteiger charge is -2.20. The topological polar surface area (TPSA) is 85.1 Å². The Kier molecular flexibility index (Phi) is 4.88. The zero-order chi connectivity index (χ0) is 15.5. The van der Waals surface area contributed by atoms with Crippen molar-refractivity contribution in [1.82, 2.24) is 19.8 Å². The van der Waals surface area contributed by atoms with Gasteiger partial charge in [-0.15, -0.1) is 0 Å². The van der Waals surface area contributed by atoms with Crippen LogP contribution in [0.4, 0.5) is 0 Å². The molecule has 0 bridgehead atoms. The number of nitrogens with one attached hydrogen (secondary N) is 2. The van der Waals surface area contributed by atoms with E-state index in [1.807, 2.05) is 20.8 Å². The number of rotatable bonds is 4. The highest BCUT2D eigenvalue weighted by atomic mass is 16.2. The molecule has 0 saturated heterocycles. The van der Waals surface area contributed by atoms with Gasteiger partial charge in [0.25, 0.3) is 5.56 Å². The molecule has 0 fully saturated rings. The number of hydrogen-bond donors (Lipinski definition) is 2. The molecule has 112 valence electrons. The van der Waals surface area contributed by atoms with E-state index in [1.54, 1.807) is 7.05 Å². The third-order valence-corrected chi connectivity index (χ3v) is 2.73. The summed E-state index contributed by atoms with van der Waals surface area (Å²) >= 11 is 0. The summed E-state index contributed by atoms with van der Waals surface area (Å²) in [6, 6.07) is 1.38.